The molecule has 1 aromatic rings. The lowest BCUT2D eigenvalue weighted by Crippen LogP contribution is -2.61. The zero-order valence-electron chi connectivity index (χ0n) is 12.9. The second kappa shape index (κ2) is 4.71. The largest absolute Gasteiger partial charge is 0.478 e. The molecule has 1 amide bonds. The summed E-state index contributed by atoms with van der Waals surface area (Å²) in [6.45, 7) is 6.72. The fourth-order valence-corrected chi connectivity index (χ4v) is 2.87. The highest BCUT2D eigenvalue weighted by Gasteiger charge is 2.52. The summed E-state index contributed by atoms with van der Waals surface area (Å²) in [5, 5.41) is 9.03. The van der Waals surface area contributed by atoms with E-state index in [1.165, 1.54) is 0 Å². The molecule has 0 radical (unpaired) electrons. The molecule has 0 aliphatic carbocycles. The Bertz CT molecular complexity index is 640. The van der Waals surface area contributed by atoms with Crippen molar-refractivity contribution in [2.75, 3.05) is 13.1 Å². The first-order valence-corrected chi connectivity index (χ1v) is 7.19. The van der Waals surface area contributed by atoms with Crippen LogP contribution in [0.25, 0.3) is 0 Å². The average Bonchev–Trinajstić information content (AvgIpc) is 2.73. The molecule has 0 saturated carbocycles. The van der Waals surface area contributed by atoms with Crippen LogP contribution in [0.1, 0.15) is 42.3 Å². The predicted octanol–water partition coefficient (Wildman–Crippen LogP) is 2.36. The van der Waals surface area contributed by atoms with Gasteiger partial charge in [-0.2, -0.15) is 0 Å². The standard InChI is InChI=1S/C16H19NO5/c1-15(2,3)22-14(20)17-8-16(9-17)12-5-4-10(13(18)19)6-11(12)7-21-16/h4-6H,7-9H2,1-3H3,(H,18,19). The molecular weight excluding hydrogens is 286 g/mol. The number of carboxylic acids is 1. The van der Waals surface area contributed by atoms with Gasteiger partial charge in [-0.3, -0.25) is 0 Å². The number of benzene rings is 1. The van der Waals surface area contributed by atoms with Crippen LogP contribution in [0.15, 0.2) is 18.2 Å². The number of aromatic carboxylic acids is 1. The van der Waals surface area contributed by atoms with E-state index in [4.69, 9.17) is 14.6 Å². The average molecular weight is 305 g/mol. The third-order valence-corrected chi connectivity index (χ3v) is 3.89. The Morgan fingerprint density at radius 3 is 2.59 bits per heavy atom. The molecule has 0 unspecified atom stereocenters. The number of hydrogen-bond acceptors (Lipinski definition) is 4. The van der Waals surface area contributed by atoms with Crippen molar-refractivity contribution in [1.29, 1.82) is 0 Å². The fraction of sp³-hybridized carbons (Fsp3) is 0.500. The van der Waals surface area contributed by atoms with Gasteiger partial charge in [-0.1, -0.05) is 6.07 Å². The van der Waals surface area contributed by atoms with Gasteiger partial charge in [0.15, 0.2) is 0 Å². The van der Waals surface area contributed by atoms with Crippen LogP contribution in [0, 0.1) is 0 Å². The van der Waals surface area contributed by atoms with E-state index in [0.717, 1.165) is 11.1 Å². The van der Waals surface area contributed by atoms with Crippen molar-refractivity contribution in [2.24, 2.45) is 0 Å². The molecule has 2 heterocycles. The molecule has 1 aromatic carbocycles. The van der Waals surface area contributed by atoms with Crippen LogP contribution in [0.4, 0.5) is 4.79 Å². The van der Waals surface area contributed by atoms with E-state index in [1.54, 1.807) is 23.1 Å². The lowest BCUT2D eigenvalue weighted by Gasteiger charge is -2.47. The highest BCUT2D eigenvalue weighted by Crippen LogP contribution is 2.44. The first-order chi connectivity index (χ1) is 10.2. The monoisotopic (exact) mass is 305 g/mol. The summed E-state index contributed by atoms with van der Waals surface area (Å²) in [7, 11) is 0. The molecule has 1 fully saturated rings. The zero-order valence-corrected chi connectivity index (χ0v) is 12.9. The third kappa shape index (κ3) is 2.43. The van der Waals surface area contributed by atoms with E-state index in [1.807, 2.05) is 20.8 Å². The van der Waals surface area contributed by atoms with Crippen LogP contribution >= 0.6 is 0 Å². The smallest absolute Gasteiger partial charge is 0.410 e. The summed E-state index contributed by atoms with van der Waals surface area (Å²) >= 11 is 0. The minimum Gasteiger partial charge on any atom is -0.478 e. The predicted molar refractivity (Wildman–Crippen MR) is 77.7 cm³/mol. The minimum absolute atomic E-state index is 0.253. The summed E-state index contributed by atoms with van der Waals surface area (Å²) in [5.41, 5.74) is 1.07. The minimum atomic E-state index is -0.951. The molecule has 3 rings (SSSR count). The van der Waals surface area contributed by atoms with Gasteiger partial charge in [-0.25, -0.2) is 9.59 Å². The van der Waals surface area contributed by atoms with Gasteiger partial charge >= 0.3 is 12.1 Å². The number of carbonyl (C=O) groups excluding carboxylic acids is 1. The van der Waals surface area contributed by atoms with Gasteiger partial charge in [0.05, 0.1) is 25.3 Å². The lowest BCUT2D eigenvalue weighted by atomic mass is 9.85. The van der Waals surface area contributed by atoms with Crippen molar-refractivity contribution in [3.05, 3.63) is 34.9 Å². The molecule has 2 aliphatic heterocycles. The summed E-state index contributed by atoms with van der Waals surface area (Å²) in [5.74, 6) is -0.951. The van der Waals surface area contributed by atoms with E-state index in [9.17, 15) is 9.59 Å². The van der Waals surface area contributed by atoms with Crippen molar-refractivity contribution in [1.82, 2.24) is 4.90 Å². The summed E-state index contributed by atoms with van der Waals surface area (Å²) < 4.78 is 11.2. The highest BCUT2D eigenvalue weighted by molar-refractivity contribution is 5.88. The maximum Gasteiger partial charge on any atom is 0.410 e. The number of fused-ring (bicyclic) bond motifs is 2. The van der Waals surface area contributed by atoms with Crippen LogP contribution < -0.4 is 0 Å². The van der Waals surface area contributed by atoms with Crippen molar-refractivity contribution in [3.8, 4) is 0 Å². The molecule has 1 N–H and O–H groups in total. The lowest BCUT2D eigenvalue weighted by molar-refractivity contribution is -0.137. The van der Waals surface area contributed by atoms with E-state index < -0.39 is 17.2 Å². The van der Waals surface area contributed by atoms with Crippen molar-refractivity contribution in [2.45, 2.75) is 38.6 Å². The number of carboxylic acid groups (broad SMARTS) is 1. The van der Waals surface area contributed by atoms with Crippen LogP contribution in [-0.2, 0) is 21.7 Å². The fourth-order valence-electron chi connectivity index (χ4n) is 2.87. The number of carbonyl (C=O) groups is 2. The number of hydrogen-bond donors (Lipinski definition) is 1. The highest BCUT2D eigenvalue weighted by atomic mass is 16.6. The molecule has 1 saturated heterocycles. The summed E-state index contributed by atoms with van der Waals surface area (Å²) in [6, 6.07) is 5.01. The number of amides is 1. The second-order valence-electron chi connectivity index (χ2n) is 6.80. The van der Waals surface area contributed by atoms with Crippen molar-refractivity contribution in [3.63, 3.8) is 0 Å². The van der Waals surface area contributed by atoms with Crippen LogP contribution in [0.2, 0.25) is 0 Å². The number of nitrogens with zero attached hydrogens (tertiary/aromatic N) is 1. The first-order valence-electron chi connectivity index (χ1n) is 7.19. The topological polar surface area (TPSA) is 76.1 Å². The SMILES string of the molecule is CC(C)(C)OC(=O)N1CC2(C1)OCc1cc(C(=O)O)ccc12. The van der Waals surface area contributed by atoms with Gasteiger partial charge in [-0.05, 0) is 44.0 Å². The molecule has 118 valence electrons. The number of rotatable bonds is 1. The first kappa shape index (κ1) is 14.8. The van der Waals surface area contributed by atoms with E-state index in [-0.39, 0.29) is 11.7 Å². The van der Waals surface area contributed by atoms with E-state index in [2.05, 4.69) is 0 Å². The van der Waals surface area contributed by atoms with Crippen LogP contribution in [0.5, 0.6) is 0 Å². The molecule has 2 aliphatic rings. The quantitative estimate of drug-likeness (QED) is 0.862. The third-order valence-electron chi connectivity index (χ3n) is 3.89. The maximum absolute atomic E-state index is 12.0. The summed E-state index contributed by atoms with van der Waals surface area (Å²) in [6.07, 6.45) is -0.350. The molecular formula is C16H19NO5. The normalized spacial score (nSPS) is 18.8. The number of likely N-dealkylation sites (tertiary alicyclic amines) is 1. The molecule has 6 nitrogen and oxygen atoms in total. The Labute approximate surface area is 128 Å². The van der Waals surface area contributed by atoms with Gasteiger partial charge in [0.25, 0.3) is 0 Å². The van der Waals surface area contributed by atoms with Crippen molar-refractivity contribution < 1.29 is 24.2 Å². The molecule has 22 heavy (non-hydrogen) atoms. The summed E-state index contributed by atoms with van der Waals surface area (Å²) in [4.78, 5) is 24.6. The maximum atomic E-state index is 12.0. The number of ether oxygens (including phenoxy) is 2. The molecule has 0 atom stereocenters. The second-order valence-corrected chi connectivity index (χ2v) is 6.80. The van der Waals surface area contributed by atoms with Crippen molar-refractivity contribution >= 4 is 12.1 Å². The molecule has 6 heteroatoms. The van der Waals surface area contributed by atoms with E-state index >= 15 is 0 Å². The van der Waals surface area contributed by atoms with Crippen LogP contribution in [0.3, 0.4) is 0 Å². The Morgan fingerprint density at radius 2 is 2.00 bits per heavy atom. The molecule has 0 aromatic heterocycles. The van der Waals surface area contributed by atoms with Gasteiger partial charge < -0.3 is 19.5 Å². The molecule has 0 bridgehead atoms. The Kier molecular flexibility index (Phi) is 3.18. The van der Waals surface area contributed by atoms with E-state index in [0.29, 0.717) is 19.7 Å². The van der Waals surface area contributed by atoms with Gasteiger partial charge in [-0.15, -0.1) is 0 Å². The molecule has 1 spiro atoms. The Morgan fingerprint density at radius 1 is 1.32 bits per heavy atom. The Hall–Kier alpha value is -2.08. The van der Waals surface area contributed by atoms with Gasteiger partial charge in [0.1, 0.15) is 11.2 Å². The van der Waals surface area contributed by atoms with Gasteiger partial charge in [0.2, 0.25) is 0 Å². The van der Waals surface area contributed by atoms with Gasteiger partial charge in [0, 0.05) is 0 Å². The zero-order chi connectivity index (χ0) is 16.1. The Balaban J connectivity index is 1.73. The van der Waals surface area contributed by atoms with Crippen LogP contribution in [-0.4, -0.2) is 40.8 Å².